The Labute approximate surface area is 172 Å². The van der Waals surface area contributed by atoms with Crippen LogP contribution in [0.2, 0.25) is 0 Å². The molecule has 1 aliphatic rings. The van der Waals surface area contributed by atoms with Gasteiger partial charge in [-0.25, -0.2) is 4.98 Å². The SMILES string of the molecule is COc1ccc2nc(N(CCCN3CCOCC3)C(=O)c3cccs3)sc2c1. The summed E-state index contributed by atoms with van der Waals surface area (Å²) in [5.41, 5.74) is 0.887. The summed E-state index contributed by atoms with van der Waals surface area (Å²) in [6.45, 7) is 5.09. The fourth-order valence-corrected chi connectivity index (χ4v) is 4.92. The zero-order chi connectivity index (χ0) is 19.3. The number of morpholine rings is 1. The van der Waals surface area contributed by atoms with E-state index in [2.05, 4.69) is 4.90 Å². The number of carbonyl (C=O) groups is 1. The summed E-state index contributed by atoms with van der Waals surface area (Å²) in [6.07, 6.45) is 0.899. The molecule has 1 aromatic carbocycles. The van der Waals surface area contributed by atoms with Gasteiger partial charge in [-0.05, 0) is 36.1 Å². The Morgan fingerprint density at radius 3 is 2.93 bits per heavy atom. The summed E-state index contributed by atoms with van der Waals surface area (Å²) in [5.74, 6) is 0.814. The van der Waals surface area contributed by atoms with Crippen LogP contribution in [0.1, 0.15) is 16.1 Å². The summed E-state index contributed by atoms with van der Waals surface area (Å²) in [6, 6.07) is 9.59. The lowest BCUT2D eigenvalue weighted by molar-refractivity contribution is 0.0376. The molecule has 0 radical (unpaired) electrons. The molecule has 0 unspecified atom stereocenters. The monoisotopic (exact) mass is 417 g/mol. The number of aromatic nitrogens is 1. The number of rotatable bonds is 7. The first-order valence-corrected chi connectivity index (χ1v) is 11.0. The van der Waals surface area contributed by atoms with Gasteiger partial charge in [-0.15, -0.1) is 11.3 Å². The minimum atomic E-state index is 0.0167. The van der Waals surface area contributed by atoms with Gasteiger partial charge in [0, 0.05) is 26.2 Å². The van der Waals surface area contributed by atoms with Gasteiger partial charge in [-0.3, -0.25) is 14.6 Å². The number of amides is 1. The first-order chi connectivity index (χ1) is 13.7. The Bertz CT molecular complexity index is 920. The van der Waals surface area contributed by atoms with Crippen LogP contribution in [0.4, 0.5) is 5.13 Å². The number of fused-ring (bicyclic) bond motifs is 1. The van der Waals surface area contributed by atoms with E-state index in [1.807, 2.05) is 40.6 Å². The molecule has 0 atom stereocenters. The van der Waals surface area contributed by atoms with E-state index in [9.17, 15) is 4.79 Å². The third-order valence-electron chi connectivity index (χ3n) is 4.75. The van der Waals surface area contributed by atoms with Gasteiger partial charge in [0.2, 0.25) is 0 Å². The summed E-state index contributed by atoms with van der Waals surface area (Å²) in [7, 11) is 1.65. The van der Waals surface area contributed by atoms with E-state index in [1.165, 1.54) is 22.7 Å². The van der Waals surface area contributed by atoms with Gasteiger partial charge in [0.25, 0.3) is 5.91 Å². The van der Waals surface area contributed by atoms with E-state index in [0.717, 1.165) is 65.2 Å². The highest BCUT2D eigenvalue weighted by atomic mass is 32.1. The third kappa shape index (κ3) is 4.35. The van der Waals surface area contributed by atoms with Gasteiger partial charge >= 0.3 is 0 Å². The molecule has 3 heterocycles. The molecule has 1 aliphatic heterocycles. The predicted molar refractivity (Wildman–Crippen MR) is 114 cm³/mol. The largest absolute Gasteiger partial charge is 0.497 e. The van der Waals surface area contributed by atoms with Crippen LogP contribution >= 0.6 is 22.7 Å². The van der Waals surface area contributed by atoms with Gasteiger partial charge < -0.3 is 9.47 Å². The zero-order valence-corrected chi connectivity index (χ0v) is 17.4. The number of hydrogen-bond acceptors (Lipinski definition) is 7. The number of benzene rings is 1. The number of ether oxygens (including phenoxy) is 2. The summed E-state index contributed by atoms with van der Waals surface area (Å²) in [5, 5.41) is 2.67. The molecule has 3 aromatic rings. The summed E-state index contributed by atoms with van der Waals surface area (Å²) in [4.78, 5) is 22.8. The number of nitrogens with zero attached hydrogens (tertiary/aromatic N) is 3. The van der Waals surface area contributed by atoms with Crippen molar-refractivity contribution in [2.45, 2.75) is 6.42 Å². The third-order valence-corrected chi connectivity index (χ3v) is 6.65. The fourth-order valence-electron chi connectivity index (χ4n) is 3.23. The molecule has 1 fully saturated rings. The first-order valence-electron chi connectivity index (χ1n) is 9.34. The second kappa shape index (κ2) is 9.00. The van der Waals surface area contributed by atoms with Crippen molar-refractivity contribution in [1.29, 1.82) is 0 Å². The molecule has 1 amide bonds. The Kier molecular flexibility index (Phi) is 6.21. The molecular weight excluding hydrogens is 394 g/mol. The standard InChI is InChI=1S/C20H23N3O3S2/c1-25-15-5-6-16-18(14-15)28-20(21-16)23(19(24)17-4-2-13-27-17)8-3-7-22-9-11-26-12-10-22/h2,4-6,13-14H,3,7-12H2,1H3. The highest BCUT2D eigenvalue weighted by Crippen LogP contribution is 2.32. The molecule has 0 spiro atoms. The molecule has 4 rings (SSSR count). The normalized spacial score (nSPS) is 15.0. The molecule has 0 aliphatic carbocycles. The lowest BCUT2D eigenvalue weighted by atomic mass is 10.3. The van der Waals surface area contributed by atoms with Crippen LogP contribution in [-0.4, -0.2) is 62.3 Å². The molecule has 28 heavy (non-hydrogen) atoms. The second-order valence-electron chi connectivity index (χ2n) is 6.57. The van der Waals surface area contributed by atoms with Gasteiger partial charge in [-0.1, -0.05) is 17.4 Å². The molecule has 1 saturated heterocycles. The number of anilines is 1. The predicted octanol–water partition coefficient (Wildman–Crippen LogP) is 3.74. The lowest BCUT2D eigenvalue weighted by Crippen LogP contribution is -2.39. The van der Waals surface area contributed by atoms with Crippen LogP contribution in [-0.2, 0) is 4.74 Å². The van der Waals surface area contributed by atoms with Crippen molar-refractivity contribution in [3.8, 4) is 5.75 Å². The zero-order valence-electron chi connectivity index (χ0n) is 15.8. The molecule has 2 aromatic heterocycles. The minimum absolute atomic E-state index is 0.0167. The quantitative estimate of drug-likeness (QED) is 0.586. The molecule has 6 nitrogen and oxygen atoms in total. The van der Waals surface area contributed by atoms with Crippen LogP contribution in [0.3, 0.4) is 0 Å². The molecule has 8 heteroatoms. The van der Waals surface area contributed by atoms with Crippen LogP contribution < -0.4 is 9.64 Å². The highest BCUT2D eigenvalue weighted by Gasteiger charge is 2.22. The molecular formula is C20H23N3O3S2. The van der Waals surface area contributed by atoms with E-state index in [0.29, 0.717) is 6.54 Å². The first kappa shape index (κ1) is 19.3. The topological polar surface area (TPSA) is 54.9 Å². The van der Waals surface area contributed by atoms with Crippen molar-refractivity contribution in [2.75, 3.05) is 51.4 Å². The number of thiophene rings is 1. The molecule has 0 saturated carbocycles. The average Bonchev–Trinajstić information content (AvgIpc) is 3.40. The van der Waals surface area contributed by atoms with Crippen molar-refractivity contribution in [1.82, 2.24) is 9.88 Å². The van der Waals surface area contributed by atoms with Gasteiger partial charge in [-0.2, -0.15) is 0 Å². The van der Waals surface area contributed by atoms with Crippen LogP contribution in [0, 0.1) is 0 Å². The van der Waals surface area contributed by atoms with Gasteiger partial charge in [0.15, 0.2) is 5.13 Å². The van der Waals surface area contributed by atoms with E-state index in [-0.39, 0.29) is 5.91 Å². The molecule has 148 valence electrons. The second-order valence-corrected chi connectivity index (χ2v) is 8.53. The van der Waals surface area contributed by atoms with Crippen LogP contribution in [0.5, 0.6) is 5.75 Å². The smallest absolute Gasteiger partial charge is 0.270 e. The number of thiazole rings is 1. The fraction of sp³-hybridized carbons (Fsp3) is 0.400. The van der Waals surface area contributed by atoms with Crippen molar-refractivity contribution in [3.05, 3.63) is 40.6 Å². The molecule has 0 bridgehead atoms. The van der Waals surface area contributed by atoms with Gasteiger partial charge in [0.05, 0.1) is 35.4 Å². The Morgan fingerprint density at radius 1 is 1.32 bits per heavy atom. The van der Waals surface area contributed by atoms with Crippen molar-refractivity contribution < 1.29 is 14.3 Å². The van der Waals surface area contributed by atoms with Crippen molar-refractivity contribution >= 4 is 43.9 Å². The van der Waals surface area contributed by atoms with E-state index < -0.39 is 0 Å². The Hall–Kier alpha value is -2.00. The van der Waals surface area contributed by atoms with E-state index in [4.69, 9.17) is 14.5 Å². The van der Waals surface area contributed by atoms with Gasteiger partial charge in [0.1, 0.15) is 5.75 Å². The molecule has 0 N–H and O–H groups in total. The van der Waals surface area contributed by atoms with Crippen LogP contribution in [0.15, 0.2) is 35.7 Å². The van der Waals surface area contributed by atoms with Crippen molar-refractivity contribution in [2.24, 2.45) is 0 Å². The highest BCUT2D eigenvalue weighted by molar-refractivity contribution is 7.22. The lowest BCUT2D eigenvalue weighted by Gasteiger charge is -2.27. The van der Waals surface area contributed by atoms with E-state index in [1.54, 1.807) is 7.11 Å². The average molecular weight is 418 g/mol. The van der Waals surface area contributed by atoms with E-state index >= 15 is 0 Å². The van der Waals surface area contributed by atoms with Crippen LogP contribution in [0.25, 0.3) is 10.2 Å². The number of carbonyl (C=O) groups excluding carboxylic acids is 1. The maximum atomic E-state index is 13.1. The summed E-state index contributed by atoms with van der Waals surface area (Å²) >= 11 is 3.00. The number of hydrogen-bond donors (Lipinski definition) is 0. The maximum Gasteiger partial charge on any atom is 0.270 e. The summed E-state index contributed by atoms with van der Waals surface area (Å²) < 4.78 is 11.7. The van der Waals surface area contributed by atoms with Crippen molar-refractivity contribution in [3.63, 3.8) is 0 Å². The number of methoxy groups -OCH3 is 1. The maximum absolute atomic E-state index is 13.1. The Morgan fingerprint density at radius 2 is 2.18 bits per heavy atom. The minimum Gasteiger partial charge on any atom is -0.497 e. The Balaban J connectivity index is 1.54.